The van der Waals surface area contributed by atoms with E-state index in [-0.39, 0.29) is 19.0 Å². The van der Waals surface area contributed by atoms with Crippen molar-refractivity contribution >= 4 is 12.4 Å². The van der Waals surface area contributed by atoms with E-state index < -0.39 is 0 Å². The van der Waals surface area contributed by atoms with E-state index in [1.165, 1.54) is 11.1 Å². The molecule has 0 amide bonds. The van der Waals surface area contributed by atoms with Gasteiger partial charge >= 0.3 is 0 Å². The number of aliphatic hydroxyl groups excluding tert-OH is 1. The standard InChI is InChI=1S/C18H23NO.ClH/c20-16-15-19(13-11-17-7-3-1-4-8-17)14-12-18-9-5-2-6-10-18;/h1-10,20H,11-16H2;1H. The maximum Gasteiger partial charge on any atom is 0.0558 e. The third-order valence-electron chi connectivity index (χ3n) is 3.54. The molecule has 0 aliphatic heterocycles. The van der Waals surface area contributed by atoms with Crippen LogP contribution in [0.15, 0.2) is 60.7 Å². The molecule has 2 nitrogen and oxygen atoms in total. The van der Waals surface area contributed by atoms with Crippen LogP contribution in [0.2, 0.25) is 0 Å². The Morgan fingerprint density at radius 2 is 1.10 bits per heavy atom. The van der Waals surface area contributed by atoms with Crippen LogP contribution in [-0.4, -0.2) is 36.2 Å². The smallest absolute Gasteiger partial charge is 0.0558 e. The predicted molar refractivity (Wildman–Crippen MR) is 91.1 cm³/mol. The first-order valence-corrected chi connectivity index (χ1v) is 7.29. The van der Waals surface area contributed by atoms with E-state index in [1.807, 2.05) is 12.1 Å². The number of halogens is 1. The highest BCUT2D eigenvalue weighted by molar-refractivity contribution is 5.85. The summed E-state index contributed by atoms with van der Waals surface area (Å²) in [5, 5.41) is 9.19. The lowest BCUT2D eigenvalue weighted by Gasteiger charge is -2.21. The Morgan fingerprint density at radius 3 is 1.48 bits per heavy atom. The van der Waals surface area contributed by atoms with E-state index in [0.717, 1.165) is 32.5 Å². The van der Waals surface area contributed by atoms with Crippen molar-refractivity contribution in [2.24, 2.45) is 0 Å². The van der Waals surface area contributed by atoms with Crippen LogP contribution in [0.5, 0.6) is 0 Å². The summed E-state index contributed by atoms with van der Waals surface area (Å²) in [7, 11) is 0. The van der Waals surface area contributed by atoms with Gasteiger partial charge in [-0.15, -0.1) is 12.4 Å². The van der Waals surface area contributed by atoms with Gasteiger partial charge < -0.3 is 10.0 Å². The van der Waals surface area contributed by atoms with E-state index in [1.54, 1.807) is 0 Å². The maximum absolute atomic E-state index is 9.19. The Balaban J connectivity index is 0.00000220. The van der Waals surface area contributed by atoms with Crippen molar-refractivity contribution < 1.29 is 5.11 Å². The molecule has 0 aromatic heterocycles. The molecule has 0 radical (unpaired) electrons. The summed E-state index contributed by atoms with van der Waals surface area (Å²) in [5.41, 5.74) is 2.71. The highest BCUT2D eigenvalue weighted by atomic mass is 35.5. The van der Waals surface area contributed by atoms with Crippen LogP contribution >= 0.6 is 12.4 Å². The molecule has 0 saturated heterocycles. The van der Waals surface area contributed by atoms with Crippen LogP contribution in [0.25, 0.3) is 0 Å². The number of hydrogen-bond donors (Lipinski definition) is 1. The first-order chi connectivity index (χ1) is 9.88. The minimum Gasteiger partial charge on any atom is -0.395 e. The molecule has 0 saturated carbocycles. The molecule has 1 N–H and O–H groups in total. The molecular weight excluding hydrogens is 282 g/mol. The fourth-order valence-electron chi connectivity index (χ4n) is 2.34. The lowest BCUT2D eigenvalue weighted by molar-refractivity contribution is 0.198. The second-order valence-electron chi connectivity index (χ2n) is 5.04. The number of aliphatic hydroxyl groups is 1. The van der Waals surface area contributed by atoms with Crippen molar-refractivity contribution in [2.45, 2.75) is 12.8 Å². The summed E-state index contributed by atoms with van der Waals surface area (Å²) in [6.07, 6.45) is 2.07. The molecule has 0 bridgehead atoms. The average Bonchev–Trinajstić information content (AvgIpc) is 2.52. The molecule has 0 aliphatic carbocycles. The van der Waals surface area contributed by atoms with Crippen molar-refractivity contribution in [1.82, 2.24) is 4.90 Å². The summed E-state index contributed by atoms with van der Waals surface area (Å²) in [6, 6.07) is 21.1. The Morgan fingerprint density at radius 1 is 0.667 bits per heavy atom. The Kier molecular flexibility index (Phi) is 8.76. The molecule has 3 heteroatoms. The van der Waals surface area contributed by atoms with Crippen LogP contribution < -0.4 is 0 Å². The van der Waals surface area contributed by atoms with Gasteiger partial charge in [0, 0.05) is 19.6 Å². The largest absolute Gasteiger partial charge is 0.395 e. The molecule has 2 aromatic carbocycles. The lowest BCUT2D eigenvalue weighted by Crippen LogP contribution is -2.31. The highest BCUT2D eigenvalue weighted by Gasteiger charge is 2.05. The van der Waals surface area contributed by atoms with Crippen LogP contribution in [0.1, 0.15) is 11.1 Å². The van der Waals surface area contributed by atoms with Crippen LogP contribution in [0, 0.1) is 0 Å². The zero-order chi connectivity index (χ0) is 14.0. The lowest BCUT2D eigenvalue weighted by atomic mass is 10.1. The minimum atomic E-state index is 0. The van der Waals surface area contributed by atoms with Crippen LogP contribution in [0.3, 0.4) is 0 Å². The van der Waals surface area contributed by atoms with E-state index in [2.05, 4.69) is 53.4 Å². The maximum atomic E-state index is 9.19. The molecule has 2 rings (SSSR count). The topological polar surface area (TPSA) is 23.5 Å². The van der Waals surface area contributed by atoms with Crippen molar-refractivity contribution in [2.75, 3.05) is 26.2 Å². The molecule has 0 atom stereocenters. The van der Waals surface area contributed by atoms with Gasteiger partial charge in [-0.3, -0.25) is 0 Å². The molecule has 0 unspecified atom stereocenters. The van der Waals surface area contributed by atoms with Crippen molar-refractivity contribution in [3.05, 3.63) is 71.8 Å². The second-order valence-corrected chi connectivity index (χ2v) is 5.04. The minimum absolute atomic E-state index is 0. The van der Waals surface area contributed by atoms with E-state index >= 15 is 0 Å². The summed E-state index contributed by atoms with van der Waals surface area (Å²) in [5.74, 6) is 0. The molecule has 0 heterocycles. The van der Waals surface area contributed by atoms with Gasteiger partial charge in [-0.05, 0) is 24.0 Å². The number of benzene rings is 2. The number of hydrogen-bond acceptors (Lipinski definition) is 2. The molecule has 21 heavy (non-hydrogen) atoms. The molecule has 114 valence electrons. The zero-order valence-electron chi connectivity index (χ0n) is 12.3. The second kappa shape index (κ2) is 10.4. The Hall–Kier alpha value is -1.35. The quantitative estimate of drug-likeness (QED) is 0.809. The number of rotatable bonds is 8. The van der Waals surface area contributed by atoms with Gasteiger partial charge in [0.15, 0.2) is 0 Å². The average molecular weight is 306 g/mol. The molecule has 0 spiro atoms. The summed E-state index contributed by atoms with van der Waals surface area (Å²) in [4.78, 5) is 2.33. The molecule has 2 aromatic rings. The fraction of sp³-hybridized carbons (Fsp3) is 0.333. The van der Waals surface area contributed by atoms with Crippen molar-refractivity contribution in [1.29, 1.82) is 0 Å². The van der Waals surface area contributed by atoms with Crippen molar-refractivity contribution in [3.63, 3.8) is 0 Å². The first kappa shape index (κ1) is 17.7. The van der Waals surface area contributed by atoms with E-state index in [0.29, 0.717) is 0 Å². The Labute approximate surface area is 133 Å². The van der Waals surface area contributed by atoms with E-state index in [9.17, 15) is 5.11 Å². The van der Waals surface area contributed by atoms with Gasteiger partial charge in [0.1, 0.15) is 0 Å². The predicted octanol–water partition coefficient (Wildman–Crippen LogP) is 3.19. The molecular formula is C18H24ClNO. The SMILES string of the molecule is Cl.OCCN(CCc1ccccc1)CCc1ccccc1. The van der Waals surface area contributed by atoms with Gasteiger partial charge in [0.05, 0.1) is 6.61 Å². The summed E-state index contributed by atoms with van der Waals surface area (Å²) in [6.45, 7) is 2.97. The number of nitrogens with zero attached hydrogens (tertiary/aromatic N) is 1. The summed E-state index contributed by atoms with van der Waals surface area (Å²) < 4.78 is 0. The van der Waals surface area contributed by atoms with Gasteiger partial charge in [0.25, 0.3) is 0 Å². The first-order valence-electron chi connectivity index (χ1n) is 7.29. The van der Waals surface area contributed by atoms with Gasteiger partial charge in [0.2, 0.25) is 0 Å². The summed E-state index contributed by atoms with van der Waals surface area (Å²) >= 11 is 0. The normalized spacial score (nSPS) is 10.4. The Bertz CT molecular complexity index is 432. The van der Waals surface area contributed by atoms with Crippen LogP contribution in [-0.2, 0) is 12.8 Å². The van der Waals surface area contributed by atoms with E-state index in [4.69, 9.17) is 0 Å². The molecule has 0 aliphatic rings. The van der Waals surface area contributed by atoms with Gasteiger partial charge in [-0.2, -0.15) is 0 Å². The fourth-order valence-corrected chi connectivity index (χ4v) is 2.34. The van der Waals surface area contributed by atoms with Gasteiger partial charge in [-0.25, -0.2) is 0 Å². The van der Waals surface area contributed by atoms with Gasteiger partial charge in [-0.1, -0.05) is 60.7 Å². The highest BCUT2D eigenvalue weighted by Crippen LogP contribution is 2.04. The third kappa shape index (κ3) is 6.76. The third-order valence-corrected chi connectivity index (χ3v) is 3.54. The van der Waals surface area contributed by atoms with Crippen LogP contribution in [0.4, 0.5) is 0 Å². The monoisotopic (exact) mass is 305 g/mol. The molecule has 0 fully saturated rings. The zero-order valence-corrected chi connectivity index (χ0v) is 13.1. The van der Waals surface area contributed by atoms with Crippen molar-refractivity contribution in [3.8, 4) is 0 Å².